The first-order valence-corrected chi connectivity index (χ1v) is 7.36. The second kappa shape index (κ2) is 5.83. The minimum atomic E-state index is -0.289. The highest BCUT2D eigenvalue weighted by molar-refractivity contribution is 5.89. The number of ether oxygens (including phenoxy) is 2. The molecule has 1 aliphatic heterocycles. The average molecular weight is 275 g/mol. The predicted molar refractivity (Wildman–Crippen MR) is 75.7 cm³/mol. The molecule has 108 valence electrons. The van der Waals surface area contributed by atoms with Crippen LogP contribution in [0.1, 0.15) is 48.0 Å². The van der Waals surface area contributed by atoms with E-state index in [1.165, 1.54) is 39.2 Å². The van der Waals surface area contributed by atoms with Crippen LogP contribution in [0.5, 0.6) is 5.75 Å². The molecule has 0 aromatic heterocycles. The first-order valence-electron chi connectivity index (χ1n) is 7.36. The molecule has 1 aromatic rings. The Bertz CT molecular complexity index is 494. The van der Waals surface area contributed by atoms with Gasteiger partial charge < -0.3 is 9.47 Å². The van der Waals surface area contributed by atoms with Crippen LogP contribution in [0.2, 0.25) is 0 Å². The summed E-state index contributed by atoms with van der Waals surface area (Å²) in [6.07, 6.45) is 6.51. The first kappa shape index (κ1) is 13.4. The lowest BCUT2D eigenvalue weighted by Gasteiger charge is -2.37. The van der Waals surface area contributed by atoms with Gasteiger partial charge in [0, 0.05) is 18.2 Å². The number of nitrogens with zero attached hydrogens (tertiary/aromatic N) is 1. The number of fused-ring (bicyclic) bond motifs is 1. The number of methoxy groups -OCH3 is 1. The van der Waals surface area contributed by atoms with E-state index in [0.717, 1.165) is 17.9 Å². The fraction of sp³-hybridized carbons (Fsp3) is 0.562. The van der Waals surface area contributed by atoms with Gasteiger partial charge in [0.05, 0.1) is 12.7 Å². The molecule has 1 aliphatic carbocycles. The summed E-state index contributed by atoms with van der Waals surface area (Å²) < 4.78 is 10.6. The number of carbonyl (C=O) groups excluding carboxylic acids is 1. The van der Waals surface area contributed by atoms with Gasteiger partial charge in [-0.25, -0.2) is 4.79 Å². The highest BCUT2D eigenvalue weighted by Crippen LogP contribution is 2.31. The number of hydrogen-bond donors (Lipinski definition) is 0. The molecule has 0 N–H and O–H groups in total. The van der Waals surface area contributed by atoms with E-state index < -0.39 is 0 Å². The number of benzene rings is 1. The summed E-state index contributed by atoms with van der Waals surface area (Å²) in [5, 5.41) is 0. The SMILES string of the molecule is COC(=O)c1ccc2c(c1)CN(C1CCCCC1)CO2. The smallest absolute Gasteiger partial charge is 0.337 e. The van der Waals surface area contributed by atoms with Crippen molar-refractivity contribution in [3.8, 4) is 5.75 Å². The molecule has 1 saturated carbocycles. The topological polar surface area (TPSA) is 38.8 Å². The summed E-state index contributed by atoms with van der Waals surface area (Å²) in [7, 11) is 1.41. The van der Waals surface area contributed by atoms with Gasteiger partial charge in [-0.2, -0.15) is 0 Å². The van der Waals surface area contributed by atoms with Crippen LogP contribution in [0.4, 0.5) is 0 Å². The van der Waals surface area contributed by atoms with Crippen molar-refractivity contribution < 1.29 is 14.3 Å². The van der Waals surface area contributed by atoms with Crippen LogP contribution in [0.15, 0.2) is 18.2 Å². The molecular weight excluding hydrogens is 254 g/mol. The molecule has 4 nitrogen and oxygen atoms in total. The van der Waals surface area contributed by atoms with Gasteiger partial charge in [0.2, 0.25) is 0 Å². The number of hydrogen-bond acceptors (Lipinski definition) is 4. The van der Waals surface area contributed by atoms with Gasteiger partial charge >= 0.3 is 5.97 Å². The van der Waals surface area contributed by atoms with Crippen LogP contribution in [-0.4, -0.2) is 30.8 Å². The van der Waals surface area contributed by atoms with Crippen LogP contribution < -0.4 is 4.74 Å². The Balaban J connectivity index is 1.76. The van der Waals surface area contributed by atoms with Gasteiger partial charge in [-0.3, -0.25) is 4.90 Å². The molecule has 0 saturated heterocycles. The summed E-state index contributed by atoms with van der Waals surface area (Å²) in [6.45, 7) is 1.53. The summed E-state index contributed by atoms with van der Waals surface area (Å²) in [6, 6.07) is 6.16. The Morgan fingerprint density at radius 2 is 2.10 bits per heavy atom. The van der Waals surface area contributed by atoms with E-state index in [2.05, 4.69) is 4.90 Å². The van der Waals surface area contributed by atoms with Crippen LogP contribution in [0.3, 0.4) is 0 Å². The lowest BCUT2D eigenvalue weighted by Crippen LogP contribution is -2.41. The normalized spacial score (nSPS) is 20.1. The van der Waals surface area contributed by atoms with Crippen LogP contribution in [0.25, 0.3) is 0 Å². The van der Waals surface area contributed by atoms with E-state index in [1.807, 2.05) is 12.1 Å². The van der Waals surface area contributed by atoms with Crippen molar-refractivity contribution in [2.45, 2.75) is 44.7 Å². The van der Waals surface area contributed by atoms with Crippen molar-refractivity contribution in [1.29, 1.82) is 0 Å². The second-order valence-electron chi connectivity index (χ2n) is 5.63. The van der Waals surface area contributed by atoms with Crippen molar-refractivity contribution in [1.82, 2.24) is 4.90 Å². The van der Waals surface area contributed by atoms with E-state index in [4.69, 9.17) is 9.47 Å². The van der Waals surface area contributed by atoms with E-state index >= 15 is 0 Å². The Morgan fingerprint density at radius 3 is 2.85 bits per heavy atom. The molecule has 1 aromatic carbocycles. The van der Waals surface area contributed by atoms with Gasteiger partial charge in [0.1, 0.15) is 12.5 Å². The lowest BCUT2D eigenvalue weighted by atomic mass is 9.94. The fourth-order valence-electron chi connectivity index (χ4n) is 3.19. The van der Waals surface area contributed by atoms with E-state index in [0.29, 0.717) is 18.3 Å². The van der Waals surface area contributed by atoms with Crippen LogP contribution >= 0.6 is 0 Å². The summed E-state index contributed by atoms with van der Waals surface area (Å²) in [5.74, 6) is 0.604. The molecule has 4 heteroatoms. The summed E-state index contributed by atoms with van der Waals surface area (Å²) in [5.41, 5.74) is 1.69. The zero-order valence-corrected chi connectivity index (χ0v) is 11.9. The van der Waals surface area contributed by atoms with Crippen molar-refractivity contribution in [3.63, 3.8) is 0 Å². The molecule has 3 rings (SSSR count). The highest BCUT2D eigenvalue weighted by atomic mass is 16.5. The van der Waals surface area contributed by atoms with Crippen LogP contribution in [-0.2, 0) is 11.3 Å². The molecule has 1 fully saturated rings. The quantitative estimate of drug-likeness (QED) is 0.778. The molecule has 0 radical (unpaired) electrons. The summed E-state index contributed by atoms with van der Waals surface area (Å²) in [4.78, 5) is 14.0. The molecule has 2 aliphatic rings. The molecule has 0 amide bonds. The largest absolute Gasteiger partial charge is 0.478 e. The molecular formula is C16H21NO3. The van der Waals surface area contributed by atoms with Gasteiger partial charge in [0.25, 0.3) is 0 Å². The summed E-state index contributed by atoms with van der Waals surface area (Å²) >= 11 is 0. The molecule has 0 unspecified atom stereocenters. The zero-order valence-electron chi connectivity index (χ0n) is 11.9. The van der Waals surface area contributed by atoms with Gasteiger partial charge in [0.15, 0.2) is 0 Å². The third kappa shape index (κ3) is 2.66. The van der Waals surface area contributed by atoms with Crippen molar-refractivity contribution >= 4 is 5.97 Å². The van der Waals surface area contributed by atoms with E-state index in [-0.39, 0.29) is 5.97 Å². The maximum atomic E-state index is 11.6. The monoisotopic (exact) mass is 275 g/mol. The van der Waals surface area contributed by atoms with E-state index in [9.17, 15) is 4.79 Å². The fourth-order valence-corrected chi connectivity index (χ4v) is 3.19. The number of esters is 1. The predicted octanol–water partition coefficient (Wildman–Crippen LogP) is 2.96. The molecule has 0 spiro atoms. The maximum Gasteiger partial charge on any atom is 0.337 e. The van der Waals surface area contributed by atoms with Crippen molar-refractivity contribution in [2.24, 2.45) is 0 Å². The first-order chi connectivity index (χ1) is 9.78. The molecule has 20 heavy (non-hydrogen) atoms. The third-order valence-electron chi connectivity index (χ3n) is 4.33. The third-order valence-corrected chi connectivity index (χ3v) is 4.33. The zero-order chi connectivity index (χ0) is 13.9. The van der Waals surface area contributed by atoms with Crippen molar-refractivity contribution in [3.05, 3.63) is 29.3 Å². The lowest BCUT2D eigenvalue weighted by molar-refractivity contribution is 0.0401. The molecule has 0 bridgehead atoms. The number of carbonyl (C=O) groups is 1. The Morgan fingerprint density at radius 1 is 1.30 bits per heavy atom. The number of rotatable bonds is 2. The Labute approximate surface area is 119 Å². The van der Waals surface area contributed by atoms with Crippen LogP contribution in [0, 0.1) is 0 Å². The Kier molecular flexibility index (Phi) is 3.92. The van der Waals surface area contributed by atoms with Gasteiger partial charge in [-0.1, -0.05) is 19.3 Å². The standard InChI is InChI=1S/C16H21NO3/c1-19-16(18)12-7-8-15-13(9-12)10-17(11-20-15)14-5-3-2-4-6-14/h7-9,14H,2-6,10-11H2,1H3. The average Bonchev–Trinajstić information content (AvgIpc) is 2.54. The minimum Gasteiger partial charge on any atom is -0.478 e. The van der Waals surface area contributed by atoms with Gasteiger partial charge in [-0.15, -0.1) is 0 Å². The maximum absolute atomic E-state index is 11.6. The molecule has 1 heterocycles. The van der Waals surface area contributed by atoms with E-state index in [1.54, 1.807) is 6.07 Å². The second-order valence-corrected chi connectivity index (χ2v) is 5.63. The van der Waals surface area contributed by atoms with Gasteiger partial charge in [-0.05, 0) is 31.0 Å². The highest BCUT2D eigenvalue weighted by Gasteiger charge is 2.26. The van der Waals surface area contributed by atoms with Crippen molar-refractivity contribution in [2.75, 3.05) is 13.8 Å². The minimum absolute atomic E-state index is 0.289. The Hall–Kier alpha value is -1.55. The molecule has 0 atom stereocenters.